The molecule has 2 nitrogen and oxygen atoms in total. The van der Waals surface area contributed by atoms with Gasteiger partial charge in [-0.2, -0.15) is 0 Å². The standard InChI is InChI=1S/C12H24O2/c1-9(2)5-11-7-12(6-10(3)4)14-8-13-11/h9-12H,5-8H2,1-4H3/t11-,12-/m0/s1. The molecule has 0 saturated carbocycles. The summed E-state index contributed by atoms with van der Waals surface area (Å²) in [5.74, 6) is 1.44. The molecule has 1 heterocycles. The number of hydrogen-bond acceptors (Lipinski definition) is 2. The van der Waals surface area contributed by atoms with Crippen LogP contribution in [0.4, 0.5) is 0 Å². The molecule has 1 rings (SSSR count). The molecule has 0 aliphatic carbocycles. The van der Waals surface area contributed by atoms with Gasteiger partial charge in [-0.1, -0.05) is 27.7 Å². The molecule has 0 amide bonds. The molecular formula is C12H24O2. The van der Waals surface area contributed by atoms with Gasteiger partial charge in [-0.15, -0.1) is 0 Å². The van der Waals surface area contributed by atoms with Crippen LogP contribution in [-0.4, -0.2) is 19.0 Å². The van der Waals surface area contributed by atoms with Crippen LogP contribution in [0.25, 0.3) is 0 Å². The van der Waals surface area contributed by atoms with Crippen LogP contribution in [-0.2, 0) is 9.47 Å². The average molecular weight is 200 g/mol. The SMILES string of the molecule is CC(C)C[C@H]1C[C@H](CC(C)C)OCO1. The van der Waals surface area contributed by atoms with Crippen molar-refractivity contribution in [3.05, 3.63) is 0 Å². The Morgan fingerprint density at radius 2 is 1.36 bits per heavy atom. The minimum Gasteiger partial charge on any atom is -0.352 e. The highest BCUT2D eigenvalue weighted by molar-refractivity contribution is 4.71. The predicted octanol–water partition coefficient (Wildman–Crippen LogP) is 3.21. The summed E-state index contributed by atoms with van der Waals surface area (Å²) < 4.78 is 11.2. The van der Waals surface area contributed by atoms with Crippen molar-refractivity contribution < 1.29 is 9.47 Å². The Kier molecular flexibility index (Phi) is 4.90. The summed E-state index contributed by atoms with van der Waals surface area (Å²) in [6, 6.07) is 0. The van der Waals surface area contributed by atoms with E-state index in [9.17, 15) is 0 Å². The molecule has 0 unspecified atom stereocenters. The highest BCUT2D eigenvalue weighted by atomic mass is 16.7. The van der Waals surface area contributed by atoms with Gasteiger partial charge in [0.2, 0.25) is 0 Å². The van der Waals surface area contributed by atoms with Gasteiger partial charge in [-0.3, -0.25) is 0 Å². The van der Waals surface area contributed by atoms with Crippen LogP contribution in [0.1, 0.15) is 47.0 Å². The zero-order chi connectivity index (χ0) is 10.6. The first-order chi connectivity index (χ1) is 6.58. The van der Waals surface area contributed by atoms with Crippen LogP contribution in [0.5, 0.6) is 0 Å². The monoisotopic (exact) mass is 200 g/mol. The summed E-state index contributed by atoms with van der Waals surface area (Å²) >= 11 is 0. The topological polar surface area (TPSA) is 18.5 Å². The lowest BCUT2D eigenvalue weighted by Gasteiger charge is -2.31. The molecule has 14 heavy (non-hydrogen) atoms. The Bertz CT molecular complexity index is 138. The van der Waals surface area contributed by atoms with Crippen molar-refractivity contribution in [1.29, 1.82) is 0 Å². The maximum Gasteiger partial charge on any atom is 0.147 e. The summed E-state index contributed by atoms with van der Waals surface area (Å²) in [6.45, 7) is 9.48. The zero-order valence-electron chi connectivity index (χ0n) is 9.95. The van der Waals surface area contributed by atoms with Crippen LogP contribution >= 0.6 is 0 Å². The second-order valence-corrected chi connectivity index (χ2v) is 5.19. The molecule has 1 aliphatic rings. The first kappa shape index (κ1) is 12.0. The summed E-state index contributed by atoms with van der Waals surface area (Å²) in [6.07, 6.45) is 4.26. The van der Waals surface area contributed by atoms with E-state index in [0.29, 0.717) is 19.0 Å². The van der Waals surface area contributed by atoms with Gasteiger partial charge >= 0.3 is 0 Å². The van der Waals surface area contributed by atoms with Gasteiger partial charge in [0.1, 0.15) is 6.79 Å². The van der Waals surface area contributed by atoms with Gasteiger partial charge in [0, 0.05) is 0 Å². The van der Waals surface area contributed by atoms with E-state index in [0.717, 1.165) is 31.1 Å². The Morgan fingerprint density at radius 1 is 0.929 bits per heavy atom. The molecule has 0 radical (unpaired) electrons. The van der Waals surface area contributed by atoms with E-state index in [-0.39, 0.29) is 0 Å². The van der Waals surface area contributed by atoms with Crippen molar-refractivity contribution in [2.24, 2.45) is 11.8 Å². The number of rotatable bonds is 4. The van der Waals surface area contributed by atoms with Crippen molar-refractivity contribution in [3.8, 4) is 0 Å². The maximum atomic E-state index is 5.58. The quantitative estimate of drug-likeness (QED) is 0.693. The zero-order valence-corrected chi connectivity index (χ0v) is 9.95. The van der Waals surface area contributed by atoms with Crippen LogP contribution in [0.2, 0.25) is 0 Å². The minimum atomic E-state index is 0.424. The summed E-state index contributed by atoms with van der Waals surface area (Å²) in [4.78, 5) is 0. The van der Waals surface area contributed by atoms with Crippen molar-refractivity contribution in [2.45, 2.75) is 59.2 Å². The van der Waals surface area contributed by atoms with Crippen LogP contribution in [0, 0.1) is 11.8 Å². The molecule has 84 valence electrons. The lowest BCUT2D eigenvalue weighted by atomic mass is 9.96. The molecule has 0 aromatic heterocycles. The molecule has 2 atom stereocenters. The molecule has 0 N–H and O–H groups in total. The van der Waals surface area contributed by atoms with E-state index < -0.39 is 0 Å². The second-order valence-electron chi connectivity index (χ2n) is 5.19. The third-order valence-electron chi connectivity index (χ3n) is 2.60. The van der Waals surface area contributed by atoms with Crippen molar-refractivity contribution in [3.63, 3.8) is 0 Å². The smallest absolute Gasteiger partial charge is 0.147 e. The van der Waals surface area contributed by atoms with Gasteiger partial charge < -0.3 is 9.47 Å². The van der Waals surface area contributed by atoms with Crippen LogP contribution in [0.15, 0.2) is 0 Å². The lowest BCUT2D eigenvalue weighted by molar-refractivity contribution is -0.182. The maximum absolute atomic E-state index is 5.58. The normalized spacial score (nSPS) is 28.7. The Balaban J connectivity index is 2.28. The highest BCUT2D eigenvalue weighted by Crippen LogP contribution is 2.23. The van der Waals surface area contributed by atoms with Gasteiger partial charge in [0.05, 0.1) is 12.2 Å². The first-order valence-electron chi connectivity index (χ1n) is 5.81. The van der Waals surface area contributed by atoms with E-state index in [2.05, 4.69) is 27.7 Å². The average Bonchev–Trinajstić information content (AvgIpc) is 2.01. The van der Waals surface area contributed by atoms with Crippen molar-refractivity contribution in [2.75, 3.05) is 6.79 Å². The molecule has 0 bridgehead atoms. The summed E-state index contributed by atoms with van der Waals surface area (Å²) in [7, 11) is 0. The first-order valence-corrected chi connectivity index (χ1v) is 5.81. The Hall–Kier alpha value is -0.0800. The Morgan fingerprint density at radius 3 is 1.71 bits per heavy atom. The molecule has 1 fully saturated rings. The fourth-order valence-corrected chi connectivity index (χ4v) is 2.04. The van der Waals surface area contributed by atoms with Gasteiger partial charge in [0.25, 0.3) is 0 Å². The van der Waals surface area contributed by atoms with Gasteiger partial charge in [-0.05, 0) is 31.1 Å². The van der Waals surface area contributed by atoms with Crippen LogP contribution < -0.4 is 0 Å². The van der Waals surface area contributed by atoms with E-state index in [1.807, 2.05) is 0 Å². The van der Waals surface area contributed by atoms with Crippen molar-refractivity contribution >= 4 is 0 Å². The van der Waals surface area contributed by atoms with Crippen LogP contribution in [0.3, 0.4) is 0 Å². The lowest BCUT2D eigenvalue weighted by Crippen LogP contribution is -2.33. The third kappa shape index (κ3) is 4.43. The largest absolute Gasteiger partial charge is 0.352 e. The number of ether oxygens (including phenoxy) is 2. The molecule has 2 heteroatoms. The van der Waals surface area contributed by atoms with E-state index >= 15 is 0 Å². The summed E-state index contributed by atoms with van der Waals surface area (Å²) in [5, 5.41) is 0. The molecule has 0 aromatic carbocycles. The minimum absolute atomic E-state index is 0.424. The van der Waals surface area contributed by atoms with E-state index in [4.69, 9.17) is 9.47 Å². The predicted molar refractivity (Wildman–Crippen MR) is 58.1 cm³/mol. The molecule has 1 aliphatic heterocycles. The molecule has 0 aromatic rings. The molecule has 0 spiro atoms. The van der Waals surface area contributed by atoms with E-state index in [1.54, 1.807) is 0 Å². The fraction of sp³-hybridized carbons (Fsp3) is 1.00. The fourth-order valence-electron chi connectivity index (χ4n) is 2.04. The molecular weight excluding hydrogens is 176 g/mol. The van der Waals surface area contributed by atoms with Gasteiger partial charge in [0.15, 0.2) is 0 Å². The second kappa shape index (κ2) is 5.72. The number of hydrogen-bond donors (Lipinski definition) is 0. The molecule has 1 saturated heterocycles. The highest BCUT2D eigenvalue weighted by Gasteiger charge is 2.24. The van der Waals surface area contributed by atoms with E-state index in [1.165, 1.54) is 0 Å². The van der Waals surface area contributed by atoms with Gasteiger partial charge in [-0.25, -0.2) is 0 Å². The summed E-state index contributed by atoms with van der Waals surface area (Å²) in [5.41, 5.74) is 0. The van der Waals surface area contributed by atoms with Crippen molar-refractivity contribution in [1.82, 2.24) is 0 Å². The Labute approximate surface area is 88.0 Å². The third-order valence-corrected chi connectivity index (χ3v) is 2.60.